The number of rotatable bonds is 6. The molecule has 1 aromatic heterocycles. The number of nitrogens with one attached hydrogen (secondary N) is 1. The van der Waals surface area contributed by atoms with Crippen molar-refractivity contribution in [1.82, 2.24) is 4.98 Å². The Morgan fingerprint density at radius 3 is 2.79 bits per heavy atom. The van der Waals surface area contributed by atoms with Gasteiger partial charge in [-0.3, -0.25) is 9.59 Å². The molecule has 3 aromatic rings. The molecule has 9 heteroatoms. The largest absolute Gasteiger partial charge is 0.490 e. The molecule has 0 bridgehead atoms. The number of fused-ring (bicyclic) bond motifs is 2. The molecule has 1 aliphatic rings. The van der Waals surface area contributed by atoms with Gasteiger partial charge in [0, 0.05) is 18.2 Å². The minimum Gasteiger partial charge on any atom is -0.490 e. The third-order valence-electron chi connectivity index (χ3n) is 3.98. The van der Waals surface area contributed by atoms with Crippen molar-refractivity contribution in [1.29, 1.82) is 0 Å². The first-order valence-corrected chi connectivity index (χ1v) is 9.99. The van der Waals surface area contributed by atoms with Crippen LogP contribution >= 0.6 is 11.8 Å². The molecule has 0 atom stereocenters. The van der Waals surface area contributed by atoms with E-state index in [1.807, 2.05) is 18.2 Å². The monoisotopic (exact) mass is 414 g/mol. The number of aromatic nitrogens is 1. The lowest BCUT2D eigenvalue weighted by atomic mass is 10.2. The number of hydrogen-bond donors (Lipinski definition) is 1. The number of carbonyl (C=O) groups excluding carboxylic acids is 2. The lowest BCUT2D eigenvalue weighted by molar-refractivity contribution is -0.144. The van der Waals surface area contributed by atoms with Crippen molar-refractivity contribution in [3.63, 3.8) is 0 Å². The van der Waals surface area contributed by atoms with Gasteiger partial charge in [-0.15, -0.1) is 0 Å². The van der Waals surface area contributed by atoms with Crippen LogP contribution in [0.3, 0.4) is 0 Å². The molecule has 0 saturated carbocycles. The minimum atomic E-state index is -0.536. The average Bonchev–Trinajstić information content (AvgIpc) is 3.00. The minimum absolute atomic E-state index is 0.00980. The van der Waals surface area contributed by atoms with E-state index in [1.165, 1.54) is 0 Å². The highest BCUT2D eigenvalue weighted by molar-refractivity contribution is 7.99. The number of ether oxygens (including phenoxy) is 3. The number of para-hydroxylation sites is 2. The molecule has 2 aromatic carbocycles. The Kier molecular flexibility index (Phi) is 5.85. The maximum Gasteiger partial charge on any atom is 0.316 e. The van der Waals surface area contributed by atoms with E-state index in [0.717, 1.165) is 23.7 Å². The summed E-state index contributed by atoms with van der Waals surface area (Å²) in [7, 11) is 0. The van der Waals surface area contributed by atoms with Crippen molar-refractivity contribution in [2.45, 2.75) is 11.6 Å². The van der Waals surface area contributed by atoms with E-state index in [4.69, 9.17) is 18.6 Å². The lowest BCUT2D eigenvalue weighted by Crippen LogP contribution is -2.21. The third-order valence-corrected chi connectivity index (χ3v) is 4.78. The van der Waals surface area contributed by atoms with Crippen molar-refractivity contribution in [2.24, 2.45) is 0 Å². The quantitative estimate of drug-likeness (QED) is 0.485. The molecule has 0 radical (unpaired) electrons. The van der Waals surface area contributed by atoms with Crippen LogP contribution in [-0.2, 0) is 14.3 Å². The molecule has 4 rings (SSSR count). The van der Waals surface area contributed by atoms with E-state index in [0.29, 0.717) is 41.2 Å². The van der Waals surface area contributed by atoms with E-state index in [2.05, 4.69) is 10.3 Å². The number of anilines is 1. The number of benzene rings is 2. The molecule has 2 heterocycles. The second kappa shape index (κ2) is 8.87. The van der Waals surface area contributed by atoms with E-state index in [-0.39, 0.29) is 12.4 Å². The van der Waals surface area contributed by atoms with Gasteiger partial charge < -0.3 is 23.9 Å². The summed E-state index contributed by atoms with van der Waals surface area (Å²) in [5.41, 5.74) is 1.91. The average molecular weight is 414 g/mol. The van der Waals surface area contributed by atoms with Crippen LogP contribution < -0.4 is 14.8 Å². The summed E-state index contributed by atoms with van der Waals surface area (Å²) in [6.07, 6.45) is 0.799. The molecule has 1 amide bonds. The van der Waals surface area contributed by atoms with E-state index >= 15 is 0 Å². The zero-order valence-corrected chi connectivity index (χ0v) is 16.2. The highest BCUT2D eigenvalue weighted by Crippen LogP contribution is 2.32. The molecule has 0 saturated heterocycles. The number of esters is 1. The smallest absolute Gasteiger partial charge is 0.316 e. The second-order valence-corrected chi connectivity index (χ2v) is 7.08. The Morgan fingerprint density at radius 2 is 1.93 bits per heavy atom. The maximum absolute atomic E-state index is 12.0. The number of oxazole rings is 1. The normalized spacial score (nSPS) is 13.0. The number of thioether (sulfide) groups is 1. The fourth-order valence-electron chi connectivity index (χ4n) is 2.66. The topological polar surface area (TPSA) is 99.9 Å². The molecule has 0 unspecified atom stereocenters. The summed E-state index contributed by atoms with van der Waals surface area (Å²) in [6, 6.07) is 12.5. The van der Waals surface area contributed by atoms with Crippen LogP contribution in [0.2, 0.25) is 0 Å². The number of carbonyl (C=O) groups is 2. The molecular formula is C20H18N2O6S. The predicted molar refractivity (Wildman–Crippen MR) is 106 cm³/mol. The molecule has 8 nitrogen and oxygen atoms in total. The lowest BCUT2D eigenvalue weighted by Gasteiger charge is -2.10. The Labute approximate surface area is 170 Å². The fraction of sp³-hybridized carbons (Fsp3) is 0.250. The fourth-order valence-corrected chi connectivity index (χ4v) is 3.30. The van der Waals surface area contributed by atoms with Gasteiger partial charge in [-0.2, -0.15) is 0 Å². The highest BCUT2D eigenvalue weighted by Gasteiger charge is 2.14. The number of amides is 1. The molecular weight excluding hydrogens is 396 g/mol. The maximum atomic E-state index is 12.0. The molecule has 0 aliphatic carbocycles. The standard InChI is InChI=1S/C20H18N2O6S/c23-18(21-13-6-7-16-17(10-13)26-9-3-8-25-16)11-27-19(24)12-29-20-22-14-4-1-2-5-15(14)28-20/h1-2,4-7,10H,3,8-9,11-12H2,(H,21,23). The van der Waals surface area contributed by atoms with Gasteiger partial charge in [-0.25, -0.2) is 4.98 Å². The first kappa shape index (κ1) is 19.1. The Hall–Kier alpha value is -3.20. The first-order chi connectivity index (χ1) is 14.2. The Morgan fingerprint density at radius 1 is 1.10 bits per heavy atom. The summed E-state index contributed by atoms with van der Waals surface area (Å²) in [4.78, 5) is 28.2. The summed E-state index contributed by atoms with van der Waals surface area (Å²) in [5, 5.41) is 3.04. The molecule has 1 N–H and O–H groups in total. The summed E-state index contributed by atoms with van der Waals surface area (Å²) >= 11 is 1.11. The zero-order valence-electron chi connectivity index (χ0n) is 15.4. The van der Waals surface area contributed by atoms with Crippen molar-refractivity contribution in [3.8, 4) is 11.5 Å². The first-order valence-electron chi connectivity index (χ1n) is 9.01. The summed E-state index contributed by atoms with van der Waals surface area (Å²) in [5.74, 6) is 0.227. The van der Waals surface area contributed by atoms with Crippen LogP contribution in [-0.4, -0.2) is 42.4 Å². The summed E-state index contributed by atoms with van der Waals surface area (Å²) < 4.78 is 21.7. The van der Waals surface area contributed by atoms with Gasteiger partial charge in [0.1, 0.15) is 11.3 Å². The van der Waals surface area contributed by atoms with Gasteiger partial charge in [0.05, 0.1) is 13.2 Å². The Balaban J connectivity index is 1.24. The van der Waals surface area contributed by atoms with Crippen LogP contribution in [0.4, 0.5) is 5.69 Å². The SMILES string of the molecule is O=C(COC(=O)CSc1nc2ccccc2o1)Nc1ccc2c(c1)OCCCO2. The van der Waals surface area contributed by atoms with Crippen LogP contribution in [0.25, 0.3) is 11.1 Å². The van der Waals surface area contributed by atoms with E-state index in [9.17, 15) is 9.59 Å². The van der Waals surface area contributed by atoms with Gasteiger partial charge in [0.2, 0.25) is 0 Å². The molecule has 0 spiro atoms. The number of hydrogen-bond acceptors (Lipinski definition) is 8. The van der Waals surface area contributed by atoms with Gasteiger partial charge in [0.25, 0.3) is 11.1 Å². The number of nitrogens with zero attached hydrogens (tertiary/aromatic N) is 1. The van der Waals surface area contributed by atoms with Gasteiger partial charge in [0.15, 0.2) is 23.7 Å². The van der Waals surface area contributed by atoms with Crippen LogP contribution in [0.15, 0.2) is 52.1 Å². The summed E-state index contributed by atoms with van der Waals surface area (Å²) in [6.45, 7) is 0.761. The third kappa shape index (κ3) is 5.00. The van der Waals surface area contributed by atoms with Crippen molar-refractivity contribution in [2.75, 3.05) is 30.9 Å². The van der Waals surface area contributed by atoms with E-state index < -0.39 is 11.9 Å². The van der Waals surface area contributed by atoms with Crippen LogP contribution in [0.1, 0.15) is 6.42 Å². The van der Waals surface area contributed by atoms with Gasteiger partial charge >= 0.3 is 5.97 Å². The molecule has 29 heavy (non-hydrogen) atoms. The van der Waals surface area contributed by atoms with Crippen molar-refractivity contribution < 1.29 is 28.2 Å². The van der Waals surface area contributed by atoms with Crippen molar-refractivity contribution >= 4 is 40.4 Å². The van der Waals surface area contributed by atoms with Crippen LogP contribution in [0.5, 0.6) is 11.5 Å². The molecule has 1 aliphatic heterocycles. The predicted octanol–water partition coefficient (Wildman–Crippen LogP) is 3.26. The van der Waals surface area contributed by atoms with Crippen molar-refractivity contribution in [3.05, 3.63) is 42.5 Å². The van der Waals surface area contributed by atoms with Crippen LogP contribution in [0, 0.1) is 0 Å². The second-order valence-electron chi connectivity index (χ2n) is 6.16. The van der Waals surface area contributed by atoms with Gasteiger partial charge in [-0.05, 0) is 24.3 Å². The van der Waals surface area contributed by atoms with Gasteiger partial charge in [-0.1, -0.05) is 23.9 Å². The zero-order chi connectivity index (χ0) is 20.1. The molecule has 0 fully saturated rings. The van der Waals surface area contributed by atoms with E-state index in [1.54, 1.807) is 24.3 Å². The molecule has 150 valence electrons. The highest BCUT2D eigenvalue weighted by atomic mass is 32.2. The Bertz CT molecular complexity index is 1000.